The molecule has 0 bridgehead atoms. The SMILES string of the molecule is CC[C@H]1OC(=O)C[C@H](O)[C@@H](C)[C@H](O[C@@H]2O[C@@H](C)C[C@@H](N(C)C)[C@@H]2O)[C@H](CCO)C[C@H](C)C(=O)/C=C/[C@@]2(C)O[C@@H]2[C@@H]1CO[C@@H]1O[C@H](C)[C@@H](O)[C@@H](OC)[C@H]1OC. The monoisotopic (exact) mass is 773 g/mol. The third-order valence-electron chi connectivity index (χ3n) is 11.9. The highest BCUT2D eigenvalue weighted by molar-refractivity contribution is 5.91. The molecule has 15 nitrogen and oxygen atoms in total. The van der Waals surface area contributed by atoms with Gasteiger partial charge in [-0.2, -0.15) is 0 Å². The number of aliphatic hydroxyl groups excluding tert-OH is 4. The summed E-state index contributed by atoms with van der Waals surface area (Å²) in [5.74, 6) is -2.93. The van der Waals surface area contributed by atoms with Gasteiger partial charge in [-0.15, -0.1) is 0 Å². The molecule has 3 saturated heterocycles. The molecular formula is C39H67NO14. The molecular weight excluding hydrogens is 706 g/mol. The van der Waals surface area contributed by atoms with Crippen LogP contribution in [0.4, 0.5) is 0 Å². The van der Waals surface area contributed by atoms with E-state index in [-0.39, 0.29) is 44.0 Å². The van der Waals surface area contributed by atoms with Crippen molar-refractivity contribution in [3.8, 4) is 0 Å². The largest absolute Gasteiger partial charge is 0.462 e. The van der Waals surface area contributed by atoms with Crippen LogP contribution in [0.3, 0.4) is 0 Å². The number of rotatable bonds is 11. The van der Waals surface area contributed by atoms with Crippen molar-refractivity contribution in [3.63, 3.8) is 0 Å². The van der Waals surface area contributed by atoms with Crippen molar-refractivity contribution in [1.82, 2.24) is 4.90 Å². The lowest BCUT2D eigenvalue weighted by Crippen LogP contribution is -2.59. The molecule has 312 valence electrons. The van der Waals surface area contributed by atoms with Crippen LogP contribution in [0.1, 0.15) is 73.6 Å². The lowest BCUT2D eigenvalue weighted by Gasteiger charge is -2.44. The lowest BCUT2D eigenvalue weighted by molar-refractivity contribution is -0.305. The minimum Gasteiger partial charge on any atom is -0.462 e. The van der Waals surface area contributed by atoms with Gasteiger partial charge in [-0.1, -0.05) is 20.8 Å². The van der Waals surface area contributed by atoms with Crippen molar-refractivity contribution < 1.29 is 67.9 Å². The molecule has 4 N–H and O–H groups in total. The first-order chi connectivity index (χ1) is 25.5. The number of likely N-dealkylation sites (N-methyl/N-ethyl adjacent to an activating group) is 1. The molecule has 4 aliphatic heterocycles. The van der Waals surface area contributed by atoms with Crippen LogP contribution in [0.15, 0.2) is 12.2 Å². The third-order valence-corrected chi connectivity index (χ3v) is 11.9. The molecule has 15 heteroatoms. The Balaban J connectivity index is 1.63. The second-order valence-electron chi connectivity index (χ2n) is 16.2. The highest BCUT2D eigenvalue weighted by Crippen LogP contribution is 2.45. The minimum atomic E-state index is -1.24. The van der Waals surface area contributed by atoms with Gasteiger partial charge in [0.2, 0.25) is 0 Å². The maximum Gasteiger partial charge on any atom is 0.308 e. The summed E-state index contributed by atoms with van der Waals surface area (Å²) in [6.45, 7) is 10.7. The number of esters is 1. The van der Waals surface area contributed by atoms with Crippen molar-refractivity contribution in [2.75, 3.05) is 41.5 Å². The Hall–Kier alpha value is -1.60. The van der Waals surface area contributed by atoms with Crippen molar-refractivity contribution in [1.29, 1.82) is 0 Å². The van der Waals surface area contributed by atoms with E-state index in [1.165, 1.54) is 20.3 Å². The van der Waals surface area contributed by atoms with Gasteiger partial charge in [-0.05, 0) is 78.6 Å². The molecule has 0 aliphatic carbocycles. The molecule has 0 radical (unpaired) electrons. The molecule has 0 aromatic carbocycles. The van der Waals surface area contributed by atoms with E-state index in [1.807, 2.05) is 46.7 Å². The molecule has 0 aromatic rings. The van der Waals surface area contributed by atoms with E-state index in [4.69, 9.17) is 37.9 Å². The number of carbonyl (C=O) groups is 2. The number of epoxide rings is 1. The number of hydrogen-bond acceptors (Lipinski definition) is 15. The van der Waals surface area contributed by atoms with Crippen molar-refractivity contribution in [2.24, 2.45) is 23.7 Å². The molecule has 4 heterocycles. The van der Waals surface area contributed by atoms with Crippen LogP contribution in [0, 0.1) is 23.7 Å². The first-order valence-electron chi connectivity index (χ1n) is 19.5. The molecule has 4 rings (SSSR count). The van der Waals surface area contributed by atoms with Crippen molar-refractivity contribution >= 4 is 11.8 Å². The van der Waals surface area contributed by atoms with Crippen molar-refractivity contribution in [3.05, 3.63) is 12.2 Å². The molecule has 3 fully saturated rings. The molecule has 0 amide bonds. The average molecular weight is 774 g/mol. The van der Waals surface area contributed by atoms with Crippen LogP contribution in [0.25, 0.3) is 0 Å². The number of ether oxygens (including phenoxy) is 8. The predicted molar refractivity (Wildman–Crippen MR) is 195 cm³/mol. The first-order valence-corrected chi connectivity index (χ1v) is 19.5. The zero-order valence-corrected chi connectivity index (χ0v) is 33.7. The van der Waals surface area contributed by atoms with Crippen molar-refractivity contribution in [2.45, 2.75) is 159 Å². The van der Waals surface area contributed by atoms with Gasteiger partial charge < -0.3 is 63.2 Å². The molecule has 54 heavy (non-hydrogen) atoms. The number of hydrogen-bond donors (Lipinski definition) is 4. The summed E-state index contributed by atoms with van der Waals surface area (Å²) in [4.78, 5) is 29.2. The smallest absolute Gasteiger partial charge is 0.308 e. The summed E-state index contributed by atoms with van der Waals surface area (Å²) >= 11 is 0. The van der Waals surface area contributed by atoms with Gasteiger partial charge in [-0.3, -0.25) is 9.59 Å². The molecule has 0 saturated carbocycles. The summed E-state index contributed by atoms with van der Waals surface area (Å²) in [7, 11) is 6.71. The summed E-state index contributed by atoms with van der Waals surface area (Å²) in [6, 6.07) is -0.249. The number of nitrogens with zero attached hydrogens (tertiary/aromatic N) is 1. The summed E-state index contributed by atoms with van der Waals surface area (Å²) < 4.78 is 48.4. The first kappa shape index (κ1) is 45.1. The second-order valence-corrected chi connectivity index (χ2v) is 16.2. The fraction of sp³-hybridized carbons (Fsp3) is 0.897. The second kappa shape index (κ2) is 19.7. The Morgan fingerprint density at radius 1 is 0.944 bits per heavy atom. The van der Waals surface area contributed by atoms with Crippen LogP contribution in [-0.4, -0.2) is 164 Å². The van der Waals surface area contributed by atoms with Crippen LogP contribution in [0.5, 0.6) is 0 Å². The highest BCUT2D eigenvalue weighted by Gasteiger charge is 2.58. The number of cyclic esters (lactones) is 1. The Bertz CT molecular complexity index is 1240. The van der Waals surface area contributed by atoms with Crippen LogP contribution in [0.2, 0.25) is 0 Å². The molecule has 4 aliphatic rings. The molecule has 0 spiro atoms. The summed E-state index contributed by atoms with van der Waals surface area (Å²) in [6.07, 6.45) is -5.04. The number of methoxy groups -OCH3 is 2. The van der Waals surface area contributed by atoms with E-state index < -0.39 is 103 Å². The Morgan fingerprint density at radius 2 is 1.63 bits per heavy atom. The van der Waals surface area contributed by atoms with Gasteiger partial charge in [-0.25, -0.2) is 0 Å². The van der Waals surface area contributed by atoms with E-state index in [0.717, 1.165) is 0 Å². The summed E-state index contributed by atoms with van der Waals surface area (Å²) in [5, 5.41) is 43.8. The van der Waals surface area contributed by atoms with Gasteiger partial charge >= 0.3 is 5.97 Å². The maximum absolute atomic E-state index is 13.7. The minimum absolute atomic E-state index is 0.0157. The number of allylic oxidation sites excluding steroid dienone is 1. The van der Waals surface area contributed by atoms with Crippen LogP contribution >= 0.6 is 0 Å². The maximum atomic E-state index is 13.7. The molecule has 18 atom stereocenters. The molecule has 0 aromatic heterocycles. The zero-order chi connectivity index (χ0) is 40.1. The van der Waals surface area contributed by atoms with E-state index >= 15 is 0 Å². The number of carbonyl (C=O) groups excluding carboxylic acids is 2. The van der Waals surface area contributed by atoms with E-state index in [1.54, 1.807) is 19.9 Å². The van der Waals surface area contributed by atoms with Gasteiger partial charge in [0.15, 0.2) is 18.4 Å². The summed E-state index contributed by atoms with van der Waals surface area (Å²) in [5.41, 5.74) is -0.870. The normalized spacial score (nSPS) is 46.2. The predicted octanol–water partition coefficient (Wildman–Crippen LogP) is 1.60. The van der Waals surface area contributed by atoms with Crippen LogP contribution < -0.4 is 0 Å². The van der Waals surface area contributed by atoms with E-state index in [0.29, 0.717) is 19.3 Å². The topological polar surface area (TPSA) is 195 Å². The quantitative estimate of drug-likeness (QED) is 0.175. The van der Waals surface area contributed by atoms with Gasteiger partial charge in [0, 0.05) is 44.6 Å². The fourth-order valence-corrected chi connectivity index (χ4v) is 8.42. The van der Waals surface area contributed by atoms with Gasteiger partial charge in [0.25, 0.3) is 0 Å². The van der Waals surface area contributed by atoms with E-state index in [2.05, 4.69) is 0 Å². The average Bonchev–Trinajstić information content (AvgIpc) is 3.80. The van der Waals surface area contributed by atoms with Crippen LogP contribution in [-0.2, 0) is 47.5 Å². The Labute approximate surface area is 320 Å². The van der Waals surface area contributed by atoms with Gasteiger partial charge in [0.1, 0.15) is 36.1 Å². The van der Waals surface area contributed by atoms with Gasteiger partial charge in [0.05, 0.1) is 43.5 Å². The highest BCUT2D eigenvalue weighted by atomic mass is 16.7. The number of ketones is 1. The van der Waals surface area contributed by atoms with E-state index in [9.17, 15) is 30.0 Å². The zero-order valence-electron chi connectivity index (χ0n) is 33.7. The Kier molecular flexibility index (Phi) is 16.5. The fourth-order valence-electron chi connectivity index (χ4n) is 8.42. The Morgan fingerprint density at radius 3 is 2.24 bits per heavy atom. The molecule has 0 unspecified atom stereocenters. The number of aliphatic hydroxyl groups is 4. The lowest BCUT2D eigenvalue weighted by atomic mass is 9.79. The number of fused-ring (bicyclic) bond motifs is 1. The standard InChI is InChI=1S/C39H67NO14/c1-11-29-25(19-49-38-35(48-10)34(47-9)31(45)23(5)51-38)36-39(6,54-36)14-12-27(42)20(2)16-24(13-15-41)33(22(4)28(43)18-30(44)52-29)53-37-32(46)26(40(7)8)17-21(3)50-37/h12,14,20-26,28-29,31-38,41,43,45-46H,11,13,15-19H2,1-10H3/b14-12+/t20-,21-,22+,23+,24+,25+,26+,28-,29+,31+,32-,33-,34+,35+,36+,37-,38+,39+/m0/s1. The third kappa shape index (κ3) is 10.7.